The Labute approximate surface area is 117 Å². The minimum Gasteiger partial charge on any atom is -0.480 e. The van der Waals surface area contributed by atoms with Gasteiger partial charge in [0.1, 0.15) is 12.1 Å². The van der Waals surface area contributed by atoms with Crippen molar-refractivity contribution in [3.63, 3.8) is 0 Å². The van der Waals surface area contributed by atoms with Gasteiger partial charge in [-0.3, -0.25) is 4.79 Å². The number of hydrogen-bond donors (Lipinski definition) is 2. The first kappa shape index (κ1) is 16.0. The van der Waals surface area contributed by atoms with E-state index >= 15 is 0 Å². The van der Waals surface area contributed by atoms with E-state index in [9.17, 15) is 14.4 Å². The number of hydrogen-bond acceptors (Lipinski definition) is 4. The lowest BCUT2D eigenvalue weighted by Gasteiger charge is -2.29. The van der Waals surface area contributed by atoms with E-state index in [4.69, 9.17) is 5.11 Å². The number of carbonyl (C=O) groups is 3. The fourth-order valence-electron chi connectivity index (χ4n) is 2.21. The van der Waals surface area contributed by atoms with E-state index in [1.807, 2.05) is 0 Å². The Bertz CT molecular complexity index is 410. The van der Waals surface area contributed by atoms with E-state index in [1.54, 1.807) is 6.92 Å². The summed E-state index contributed by atoms with van der Waals surface area (Å²) in [7, 11) is 1.20. The van der Waals surface area contributed by atoms with E-state index in [-0.39, 0.29) is 5.92 Å². The second kappa shape index (κ2) is 6.93. The lowest BCUT2D eigenvalue weighted by Crippen LogP contribution is -2.53. The van der Waals surface area contributed by atoms with Gasteiger partial charge in [-0.1, -0.05) is 13.0 Å². The second-order valence-corrected chi connectivity index (χ2v) is 4.74. The number of rotatable bonds is 5. The molecule has 0 aromatic heterocycles. The first-order valence-corrected chi connectivity index (χ1v) is 6.42. The van der Waals surface area contributed by atoms with E-state index < -0.39 is 30.1 Å². The summed E-state index contributed by atoms with van der Waals surface area (Å²) in [5, 5.41) is 11.5. The maximum Gasteiger partial charge on any atom is 0.407 e. The van der Waals surface area contributed by atoms with Crippen LogP contribution >= 0.6 is 0 Å². The van der Waals surface area contributed by atoms with Gasteiger partial charge in [0.2, 0.25) is 5.91 Å². The number of ether oxygens (including phenoxy) is 1. The highest BCUT2D eigenvalue weighted by Gasteiger charge is 2.38. The van der Waals surface area contributed by atoms with Crippen LogP contribution in [0, 0.1) is 5.92 Å². The SMILES string of the molecule is C=CC(C)[C@H](NC(=O)OC)C(=O)N1CCC[C@H]1C(=O)O. The minimum absolute atomic E-state index is 0.336. The molecule has 0 saturated carbocycles. The molecule has 112 valence electrons. The van der Waals surface area contributed by atoms with Crippen molar-refractivity contribution < 1.29 is 24.2 Å². The minimum atomic E-state index is -1.03. The van der Waals surface area contributed by atoms with Crippen LogP contribution < -0.4 is 5.32 Å². The zero-order chi connectivity index (χ0) is 15.3. The predicted molar refractivity (Wildman–Crippen MR) is 71.1 cm³/mol. The van der Waals surface area contributed by atoms with E-state index in [0.717, 1.165) is 0 Å². The average molecular weight is 284 g/mol. The lowest BCUT2D eigenvalue weighted by atomic mass is 10.0. The number of amides is 2. The van der Waals surface area contributed by atoms with Crippen molar-refractivity contribution in [2.24, 2.45) is 5.92 Å². The van der Waals surface area contributed by atoms with Crippen LogP contribution in [0.25, 0.3) is 0 Å². The van der Waals surface area contributed by atoms with Crippen LogP contribution in [0.2, 0.25) is 0 Å². The third kappa shape index (κ3) is 3.49. The van der Waals surface area contributed by atoms with E-state index in [2.05, 4.69) is 16.6 Å². The van der Waals surface area contributed by atoms with Crippen LogP contribution in [0.15, 0.2) is 12.7 Å². The number of alkyl carbamates (subject to hydrolysis) is 1. The van der Waals surface area contributed by atoms with E-state index in [0.29, 0.717) is 19.4 Å². The molecule has 0 radical (unpaired) electrons. The molecule has 1 fully saturated rings. The zero-order valence-corrected chi connectivity index (χ0v) is 11.7. The van der Waals surface area contributed by atoms with Crippen molar-refractivity contribution in [2.75, 3.05) is 13.7 Å². The molecule has 1 rings (SSSR count). The highest BCUT2D eigenvalue weighted by Crippen LogP contribution is 2.20. The molecule has 0 spiro atoms. The molecule has 1 aliphatic heterocycles. The number of carboxylic acid groups (broad SMARTS) is 1. The molecule has 2 amide bonds. The summed E-state index contributed by atoms with van der Waals surface area (Å²) in [4.78, 5) is 36.2. The molecule has 0 aliphatic carbocycles. The first-order valence-electron chi connectivity index (χ1n) is 6.42. The standard InChI is InChI=1S/C13H20N2O5/c1-4-8(2)10(14-13(19)20-3)11(16)15-7-5-6-9(15)12(17)18/h4,8-10H,1,5-7H2,2-3H3,(H,14,19)(H,17,18)/t8?,9-,10-/m0/s1. The Morgan fingerprint density at radius 3 is 2.65 bits per heavy atom. The van der Waals surface area contributed by atoms with Crippen molar-refractivity contribution in [2.45, 2.75) is 31.8 Å². The van der Waals surface area contributed by atoms with Crippen LogP contribution in [0.3, 0.4) is 0 Å². The fourth-order valence-corrected chi connectivity index (χ4v) is 2.21. The summed E-state index contributed by atoms with van der Waals surface area (Å²) >= 11 is 0. The molecule has 0 bridgehead atoms. The quantitative estimate of drug-likeness (QED) is 0.721. The monoisotopic (exact) mass is 284 g/mol. The normalized spacial score (nSPS) is 20.9. The topological polar surface area (TPSA) is 95.9 Å². The van der Waals surface area contributed by atoms with Gasteiger partial charge in [-0.15, -0.1) is 6.58 Å². The molecule has 20 heavy (non-hydrogen) atoms. The Balaban J connectivity index is 2.89. The summed E-state index contributed by atoms with van der Waals surface area (Å²) < 4.78 is 4.49. The summed E-state index contributed by atoms with van der Waals surface area (Å²) in [6.07, 6.45) is 1.86. The summed E-state index contributed by atoms with van der Waals surface area (Å²) in [6, 6.07) is -1.71. The number of aliphatic carboxylic acids is 1. The molecule has 3 atom stereocenters. The summed E-state index contributed by atoms with van der Waals surface area (Å²) in [6.45, 7) is 5.69. The second-order valence-electron chi connectivity index (χ2n) is 4.74. The molecule has 7 nitrogen and oxygen atoms in total. The predicted octanol–water partition coefficient (Wildman–Crippen LogP) is 0.609. The first-order chi connectivity index (χ1) is 9.42. The molecular weight excluding hydrogens is 264 g/mol. The average Bonchev–Trinajstić information content (AvgIpc) is 2.92. The van der Waals surface area contributed by atoms with Gasteiger partial charge in [-0.05, 0) is 12.8 Å². The maximum atomic E-state index is 12.5. The van der Waals surface area contributed by atoms with Crippen molar-refractivity contribution in [1.29, 1.82) is 0 Å². The Morgan fingerprint density at radius 2 is 2.15 bits per heavy atom. The van der Waals surface area contributed by atoms with Crippen molar-refractivity contribution in [3.8, 4) is 0 Å². The van der Waals surface area contributed by atoms with Gasteiger partial charge in [0, 0.05) is 12.5 Å². The third-order valence-corrected chi connectivity index (χ3v) is 3.44. The van der Waals surface area contributed by atoms with Crippen LogP contribution in [0.5, 0.6) is 0 Å². The Morgan fingerprint density at radius 1 is 1.50 bits per heavy atom. The fraction of sp³-hybridized carbons (Fsp3) is 0.615. The highest BCUT2D eigenvalue weighted by atomic mass is 16.5. The Kier molecular flexibility index (Phi) is 5.54. The number of carbonyl (C=O) groups excluding carboxylic acids is 2. The van der Waals surface area contributed by atoms with Gasteiger partial charge >= 0.3 is 12.1 Å². The van der Waals surface area contributed by atoms with Crippen LogP contribution in [-0.4, -0.2) is 53.7 Å². The smallest absolute Gasteiger partial charge is 0.407 e. The molecule has 1 saturated heterocycles. The van der Waals surface area contributed by atoms with Crippen molar-refractivity contribution >= 4 is 18.0 Å². The van der Waals surface area contributed by atoms with Gasteiger partial charge in [0.05, 0.1) is 7.11 Å². The number of nitrogens with one attached hydrogen (secondary N) is 1. The molecule has 0 aromatic carbocycles. The van der Waals surface area contributed by atoms with Gasteiger partial charge in [0.15, 0.2) is 0 Å². The summed E-state index contributed by atoms with van der Waals surface area (Å²) in [5.41, 5.74) is 0. The number of carboxylic acids is 1. The molecule has 1 aliphatic rings. The molecule has 7 heteroatoms. The molecular formula is C13H20N2O5. The molecule has 1 heterocycles. The number of methoxy groups -OCH3 is 1. The van der Waals surface area contributed by atoms with Crippen LogP contribution in [-0.2, 0) is 14.3 Å². The highest BCUT2D eigenvalue weighted by molar-refractivity contribution is 5.90. The van der Waals surface area contributed by atoms with Crippen LogP contribution in [0.1, 0.15) is 19.8 Å². The lowest BCUT2D eigenvalue weighted by molar-refractivity contribution is -0.149. The van der Waals surface area contributed by atoms with E-state index in [1.165, 1.54) is 18.1 Å². The largest absolute Gasteiger partial charge is 0.480 e. The zero-order valence-electron chi connectivity index (χ0n) is 11.7. The molecule has 1 unspecified atom stereocenters. The summed E-state index contributed by atoms with van der Waals surface area (Å²) in [5.74, 6) is -1.79. The van der Waals surface area contributed by atoms with Gasteiger partial charge in [0.25, 0.3) is 0 Å². The molecule has 2 N–H and O–H groups in total. The Hall–Kier alpha value is -2.05. The third-order valence-electron chi connectivity index (χ3n) is 3.44. The van der Waals surface area contributed by atoms with Gasteiger partial charge in [-0.2, -0.15) is 0 Å². The molecule has 0 aromatic rings. The van der Waals surface area contributed by atoms with Gasteiger partial charge < -0.3 is 20.1 Å². The number of nitrogens with zero attached hydrogens (tertiary/aromatic N) is 1. The van der Waals surface area contributed by atoms with Gasteiger partial charge in [-0.25, -0.2) is 9.59 Å². The maximum absolute atomic E-state index is 12.5. The number of likely N-dealkylation sites (tertiary alicyclic amines) is 1. The van der Waals surface area contributed by atoms with Crippen LogP contribution in [0.4, 0.5) is 4.79 Å². The van der Waals surface area contributed by atoms with Crippen molar-refractivity contribution in [1.82, 2.24) is 10.2 Å². The van der Waals surface area contributed by atoms with Crippen molar-refractivity contribution in [3.05, 3.63) is 12.7 Å².